The molecule has 1 fully saturated rings. The maximum Gasteiger partial charge on any atom is 0.301 e. The quantitative estimate of drug-likeness (QED) is 0.805. The Morgan fingerprint density at radius 2 is 1.81 bits per heavy atom. The summed E-state index contributed by atoms with van der Waals surface area (Å²) in [5, 5.41) is 0. The van der Waals surface area contributed by atoms with Crippen molar-refractivity contribution in [1.82, 2.24) is 4.72 Å². The molecular weight excluding hydrogens is 224 g/mol. The molecule has 0 aliphatic carbocycles. The van der Waals surface area contributed by atoms with Crippen LogP contribution in [0.15, 0.2) is 18.2 Å². The van der Waals surface area contributed by atoms with E-state index in [0.717, 1.165) is 23.2 Å². The van der Waals surface area contributed by atoms with E-state index in [1.165, 1.54) is 4.31 Å². The number of rotatable bonds is 1. The number of nitrogens with zero attached hydrogens (tertiary/aromatic N) is 1. The van der Waals surface area contributed by atoms with Gasteiger partial charge in [0.2, 0.25) is 0 Å². The van der Waals surface area contributed by atoms with E-state index in [4.69, 9.17) is 0 Å². The molecule has 1 saturated heterocycles. The van der Waals surface area contributed by atoms with Crippen molar-refractivity contribution in [3.63, 3.8) is 0 Å². The third kappa shape index (κ3) is 2.20. The standard InChI is InChI=1S/C11H16N2O2S/c1-9-6-10(2)8-11(7-9)13-5-3-4-12-16(13,14)15/h6-8,12H,3-5H2,1-2H3. The van der Waals surface area contributed by atoms with Crippen LogP contribution < -0.4 is 9.03 Å². The summed E-state index contributed by atoms with van der Waals surface area (Å²) in [7, 11) is -3.33. The number of aryl methyl sites for hydroxylation is 2. The maximum absolute atomic E-state index is 11.8. The minimum atomic E-state index is -3.33. The molecule has 4 nitrogen and oxygen atoms in total. The largest absolute Gasteiger partial charge is 0.301 e. The van der Waals surface area contributed by atoms with Crippen molar-refractivity contribution >= 4 is 15.9 Å². The Labute approximate surface area is 96.5 Å². The van der Waals surface area contributed by atoms with Crippen LogP contribution in [0.4, 0.5) is 5.69 Å². The van der Waals surface area contributed by atoms with Gasteiger partial charge in [-0.15, -0.1) is 0 Å². The second kappa shape index (κ2) is 4.07. The van der Waals surface area contributed by atoms with Gasteiger partial charge in [-0.25, -0.2) is 0 Å². The zero-order valence-electron chi connectivity index (χ0n) is 9.53. The molecule has 2 rings (SSSR count). The van der Waals surface area contributed by atoms with Crippen LogP contribution in [0.3, 0.4) is 0 Å². The Kier molecular flexibility index (Phi) is 2.90. The lowest BCUT2D eigenvalue weighted by Gasteiger charge is -2.29. The van der Waals surface area contributed by atoms with E-state index < -0.39 is 10.2 Å². The molecule has 0 saturated carbocycles. The average molecular weight is 240 g/mol. The topological polar surface area (TPSA) is 49.4 Å². The number of hydrogen-bond donors (Lipinski definition) is 1. The lowest BCUT2D eigenvalue weighted by atomic mass is 10.1. The van der Waals surface area contributed by atoms with Crippen molar-refractivity contribution in [1.29, 1.82) is 0 Å². The van der Waals surface area contributed by atoms with Crippen molar-refractivity contribution in [3.05, 3.63) is 29.3 Å². The smallest absolute Gasteiger partial charge is 0.258 e. The van der Waals surface area contributed by atoms with Gasteiger partial charge in [-0.3, -0.25) is 4.31 Å². The monoisotopic (exact) mass is 240 g/mol. The maximum atomic E-state index is 11.8. The predicted molar refractivity (Wildman–Crippen MR) is 64.8 cm³/mol. The highest BCUT2D eigenvalue weighted by Crippen LogP contribution is 2.22. The van der Waals surface area contributed by atoms with Crippen LogP contribution in [-0.2, 0) is 10.2 Å². The van der Waals surface area contributed by atoms with Gasteiger partial charge in [0.25, 0.3) is 0 Å². The fraction of sp³-hybridized carbons (Fsp3) is 0.455. The van der Waals surface area contributed by atoms with E-state index in [2.05, 4.69) is 4.72 Å². The molecule has 16 heavy (non-hydrogen) atoms. The molecule has 0 spiro atoms. The van der Waals surface area contributed by atoms with Crippen LogP contribution in [0.5, 0.6) is 0 Å². The molecule has 0 atom stereocenters. The van der Waals surface area contributed by atoms with Crippen LogP contribution in [-0.4, -0.2) is 21.5 Å². The predicted octanol–water partition coefficient (Wildman–Crippen LogP) is 1.35. The molecule has 1 aliphatic rings. The normalized spacial score (nSPS) is 19.8. The Bertz CT molecular complexity index is 476. The van der Waals surface area contributed by atoms with Gasteiger partial charge in [-0.1, -0.05) is 6.07 Å². The zero-order valence-corrected chi connectivity index (χ0v) is 10.3. The molecule has 0 unspecified atom stereocenters. The molecule has 0 radical (unpaired) electrons. The van der Waals surface area contributed by atoms with E-state index in [-0.39, 0.29) is 0 Å². The molecule has 1 aromatic carbocycles. The van der Waals surface area contributed by atoms with E-state index in [1.807, 2.05) is 32.0 Å². The fourth-order valence-electron chi connectivity index (χ4n) is 1.98. The van der Waals surface area contributed by atoms with Gasteiger partial charge in [-0.05, 0) is 43.5 Å². The third-order valence-corrected chi connectivity index (χ3v) is 4.15. The molecule has 1 aromatic rings. The summed E-state index contributed by atoms with van der Waals surface area (Å²) in [6, 6.07) is 5.84. The summed E-state index contributed by atoms with van der Waals surface area (Å²) in [5.74, 6) is 0. The Balaban J connectivity index is 2.43. The van der Waals surface area contributed by atoms with Gasteiger partial charge >= 0.3 is 10.2 Å². The molecule has 0 bridgehead atoms. The van der Waals surface area contributed by atoms with Gasteiger partial charge in [0, 0.05) is 13.1 Å². The van der Waals surface area contributed by atoms with Crippen LogP contribution in [0.1, 0.15) is 17.5 Å². The highest BCUT2D eigenvalue weighted by molar-refractivity contribution is 7.90. The van der Waals surface area contributed by atoms with Crippen LogP contribution in [0.2, 0.25) is 0 Å². The summed E-state index contributed by atoms with van der Waals surface area (Å²) >= 11 is 0. The Hall–Kier alpha value is -1.07. The van der Waals surface area contributed by atoms with Crippen molar-refractivity contribution in [2.75, 3.05) is 17.4 Å². The lowest BCUT2D eigenvalue weighted by Crippen LogP contribution is -2.47. The molecule has 5 heteroatoms. The van der Waals surface area contributed by atoms with Gasteiger partial charge in [0.15, 0.2) is 0 Å². The summed E-state index contributed by atoms with van der Waals surface area (Å²) in [5.41, 5.74) is 2.91. The minimum Gasteiger partial charge on any atom is -0.258 e. The number of anilines is 1. The van der Waals surface area contributed by atoms with E-state index in [9.17, 15) is 8.42 Å². The second-order valence-corrected chi connectivity index (χ2v) is 5.85. The first kappa shape index (κ1) is 11.4. The SMILES string of the molecule is Cc1cc(C)cc(N2CCCNS2(=O)=O)c1. The van der Waals surface area contributed by atoms with Gasteiger partial charge in [-0.2, -0.15) is 13.1 Å². The van der Waals surface area contributed by atoms with E-state index in [0.29, 0.717) is 13.1 Å². The van der Waals surface area contributed by atoms with Crippen molar-refractivity contribution in [2.45, 2.75) is 20.3 Å². The van der Waals surface area contributed by atoms with Crippen molar-refractivity contribution in [3.8, 4) is 0 Å². The van der Waals surface area contributed by atoms with Crippen LogP contribution in [0, 0.1) is 13.8 Å². The van der Waals surface area contributed by atoms with E-state index >= 15 is 0 Å². The summed E-state index contributed by atoms with van der Waals surface area (Å²) in [4.78, 5) is 0. The number of benzene rings is 1. The van der Waals surface area contributed by atoms with Gasteiger partial charge in [0.05, 0.1) is 5.69 Å². The summed E-state index contributed by atoms with van der Waals surface area (Å²) in [6.45, 7) is 5.03. The van der Waals surface area contributed by atoms with Crippen molar-refractivity contribution in [2.24, 2.45) is 0 Å². The zero-order chi connectivity index (χ0) is 11.8. The average Bonchev–Trinajstić information content (AvgIpc) is 2.15. The Morgan fingerprint density at radius 3 is 2.38 bits per heavy atom. The highest BCUT2D eigenvalue weighted by Gasteiger charge is 2.25. The highest BCUT2D eigenvalue weighted by atomic mass is 32.2. The molecule has 88 valence electrons. The van der Waals surface area contributed by atoms with Crippen LogP contribution >= 0.6 is 0 Å². The second-order valence-electron chi connectivity index (χ2n) is 4.17. The first-order valence-electron chi connectivity index (χ1n) is 5.35. The molecule has 1 heterocycles. The molecule has 0 amide bonds. The molecule has 0 aromatic heterocycles. The number of nitrogens with one attached hydrogen (secondary N) is 1. The first-order chi connectivity index (χ1) is 7.49. The van der Waals surface area contributed by atoms with Crippen LogP contribution in [0.25, 0.3) is 0 Å². The molecule has 1 N–H and O–H groups in total. The van der Waals surface area contributed by atoms with E-state index in [1.54, 1.807) is 0 Å². The molecular formula is C11H16N2O2S. The number of hydrogen-bond acceptors (Lipinski definition) is 2. The minimum absolute atomic E-state index is 0.531. The Morgan fingerprint density at radius 1 is 1.19 bits per heavy atom. The third-order valence-electron chi connectivity index (χ3n) is 2.61. The summed E-state index contributed by atoms with van der Waals surface area (Å²) < 4.78 is 27.6. The summed E-state index contributed by atoms with van der Waals surface area (Å²) in [6.07, 6.45) is 0.840. The van der Waals surface area contributed by atoms with Gasteiger partial charge in [0.1, 0.15) is 0 Å². The van der Waals surface area contributed by atoms with Gasteiger partial charge < -0.3 is 0 Å². The fourth-order valence-corrected chi connectivity index (χ4v) is 3.29. The van der Waals surface area contributed by atoms with Crippen molar-refractivity contribution < 1.29 is 8.42 Å². The lowest BCUT2D eigenvalue weighted by molar-refractivity contribution is 0.560. The molecule has 1 aliphatic heterocycles. The first-order valence-corrected chi connectivity index (χ1v) is 6.79.